The van der Waals surface area contributed by atoms with Gasteiger partial charge in [-0.25, -0.2) is 9.67 Å². The first-order valence-electron chi connectivity index (χ1n) is 7.93. The van der Waals surface area contributed by atoms with Gasteiger partial charge in [0.05, 0.1) is 15.9 Å². The molecule has 1 N–H and O–H groups in total. The van der Waals surface area contributed by atoms with E-state index in [1.807, 2.05) is 6.07 Å². The first-order valence-corrected chi connectivity index (χ1v) is 9.12. The van der Waals surface area contributed by atoms with Crippen LogP contribution in [0.1, 0.15) is 0 Å². The van der Waals surface area contributed by atoms with E-state index >= 15 is 0 Å². The summed E-state index contributed by atoms with van der Waals surface area (Å²) in [5.41, 5.74) is 1.70. The summed E-state index contributed by atoms with van der Waals surface area (Å²) in [6.45, 7) is -0.219. The molecule has 3 heterocycles. The lowest BCUT2D eigenvalue weighted by Gasteiger charge is -2.06. The third-order valence-electron chi connectivity index (χ3n) is 3.71. The van der Waals surface area contributed by atoms with Crippen LogP contribution in [0.25, 0.3) is 21.5 Å². The van der Waals surface area contributed by atoms with Crippen molar-refractivity contribution in [2.45, 2.75) is 6.54 Å². The Labute approximate surface area is 162 Å². The fourth-order valence-electron chi connectivity index (χ4n) is 2.48. The van der Waals surface area contributed by atoms with Crippen LogP contribution in [0.4, 0.5) is 5.13 Å². The molecule has 0 bridgehead atoms. The van der Waals surface area contributed by atoms with Gasteiger partial charge in [0.25, 0.3) is 5.56 Å². The minimum Gasteiger partial charge on any atom is -0.300 e. The minimum absolute atomic E-state index is 0.219. The number of rotatable bonds is 4. The molecule has 0 saturated carbocycles. The topological polar surface area (TPSA) is 89.8 Å². The van der Waals surface area contributed by atoms with Crippen molar-refractivity contribution >= 4 is 44.2 Å². The molecule has 3 aromatic heterocycles. The highest BCUT2D eigenvalue weighted by Crippen LogP contribution is 2.28. The Balaban J connectivity index is 1.54. The van der Waals surface area contributed by atoms with Gasteiger partial charge in [0.1, 0.15) is 6.54 Å². The molecule has 0 radical (unpaired) electrons. The van der Waals surface area contributed by atoms with E-state index in [-0.39, 0.29) is 12.1 Å². The molecule has 27 heavy (non-hydrogen) atoms. The largest absolute Gasteiger partial charge is 0.300 e. The lowest BCUT2D eigenvalue weighted by Crippen LogP contribution is -2.29. The van der Waals surface area contributed by atoms with Crippen molar-refractivity contribution in [1.29, 1.82) is 0 Å². The van der Waals surface area contributed by atoms with Crippen LogP contribution in [-0.4, -0.2) is 25.7 Å². The number of amides is 1. The summed E-state index contributed by atoms with van der Waals surface area (Å²) in [6, 6.07) is 11.9. The summed E-state index contributed by atoms with van der Waals surface area (Å²) in [5.74, 6) is -0.391. The van der Waals surface area contributed by atoms with Gasteiger partial charge in [0.2, 0.25) is 5.91 Å². The van der Waals surface area contributed by atoms with Crippen molar-refractivity contribution in [2.75, 3.05) is 5.32 Å². The Morgan fingerprint density at radius 1 is 1.22 bits per heavy atom. The number of thiazole rings is 1. The van der Waals surface area contributed by atoms with Gasteiger partial charge in [0.15, 0.2) is 5.13 Å². The molecule has 7 nitrogen and oxygen atoms in total. The lowest BCUT2D eigenvalue weighted by molar-refractivity contribution is -0.117. The zero-order chi connectivity index (χ0) is 18.8. The molecule has 0 aliphatic carbocycles. The number of pyridine rings is 1. The summed E-state index contributed by atoms with van der Waals surface area (Å²) in [5, 5.41) is 7.99. The van der Waals surface area contributed by atoms with Crippen molar-refractivity contribution in [3.8, 4) is 11.3 Å². The smallest absolute Gasteiger partial charge is 0.267 e. The van der Waals surface area contributed by atoms with E-state index in [1.165, 1.54) is 17.4 Å². The quantitative estimate of drug-likeness (QED) is 0.571. The molecule has 0 saturated heterocycles. The Morgan fingerprint density at radius 2 is 2.11 bits per heavy atom. The first kappa shape index (κ1) is 17.3. The number of fused-ring (bicyclic) bond motifs is 1. The fraction of sp³-hybridized carbons (Fsp3) is 0.0556. The monoisotopic (exact) mass is 397 g/mol. The summed E-state index contributed by atoms with van der Waals surface area (Å²) >= 11 is 7.28. The highest BCUT2D eigenvalue weighted by atomic mass is 35.5. The predicted octanol–water partition coefficient (Wildman–Crippen LogP) is 3.21. The normalized spacial score (nSPS) is 10.9. The molecule has 134 valence electrons. The minimum atomic E-state index is -0.391. The molecular weight excluding hydrogens is 386 g/mol. The van der Waals surface area contributed by atoms with Gasteiger partial charge in [0, 0.05) is 29.0 Å². The molecule has 9 heteroatoms. The van der Waals surface area contributed by atoms with E-state index in [1.54, 1.807) is 42.7 Å². The van der Waals surface area contributed by atoms with Gasteiger partial charge >= 0.3 is 0 Å². The van der Waals surface area contributed by atoms with E-state index in [4.69, 9.17) is 11.6 Å². The molecule has 0 unspecified atom stereocenters. The van der Waals surface area contributed by atoms with Crippen molar-refractivity contribution in [1.82, 2.24) is 19.7 Å². The Hall–Kier alpha value is -3.10. The van der Waals surface area contributed by atoms with Crippen molar-refractivity contribution in [2.24, 2.45) is 0 Å². The van der Waals surface area contributed by atoms with Gasteiger partial charge in [-0.3, -0.25) is 14.6 Å². The molecular formula is C18H12ClN5O2S. The Morgan fingerprint density at radius 3 is 2.93 bits per heavy atom. The summed E-state index contributed by atoms with van der Waals surface area (Å²) in [4.78, 5) is 32.8. The van der Waals surface area contributed by atoms with Crippen LogP contribution in [0.15, 0.2) is 59.7 Å². The second kappa shape index (κ2) is 7.26. The van der Waals surface area contributed by atoms with E-state index in [2.05, 4.69) is 20.4 Å². The Kier molecular flexibility index (Phi) is 4.66. The van der Waals surface area contributed by atoms with Crippen molar-refractivity contribution in [3.05, 3.63) is 70.2 Å². The molecule has 4 rings (SSSR count). The maximum Gasteiger partial charge on any atom is 0.267 e. The van der Waals surface area contributed by atoms with E-state index in [9.17, 15) is 9.59 Å². The van der Waals surface area contributed by atoms with Gasteiger partial charge in [-0.15, -0.1) is 0 Å². The third-order valence-corrected chi connectivity index (χ3v) is 4.88. The highest BCUT2D eigenvalue weighted by molar-refractivity contribution is 7.22. The zero-order valence-corrected chi connectivity index (χ0v) is 15.4. The van der Waals surface area contributed by atoms with Crippen molar-refractivity contribution in [3.63, 3.8) is 0 Å². The van der Waals surface area contributed by atoms with Gasteiger partial charge in [-0.05, 0) is 36.4 Å². The second-order valence-electron chi connectivity index (χ2n) is 5.64. The number of nitrogens with one attached hydrogen (secondary N) is 1. The van der Waals surface area contributed by atoms with E-state index in [0.29, 0.717) is 15.8 Å². The van der Waals surface area contributed by atoms with Crippen LogP contribution in [-0.2, 0) is 11.3 Å². The van der Waals surface area contributed by atoms with Crippen LogP contribution in [0.5, 0.6) is 0 Å². The highest BCUT2D eigenvalue weighted by Gasteiger charge is 2.11. The standard InChI is InChI=1S/C18H12ClN5O2S/c19-12-3-4-14-15(8-12)27-18(21-14)22-16(25)10-24-17(26)6-5-13(23-24)11-2-1-7-20-9-11/h1-9H,10H2,(H,21,22,25). The first-order chi connectivity index (χ1) is 13.1. The van der Waals surface area contributed by atoms with Gasteiger partial charge < -0.3 is 5.32 Å². The average Bonchev–Trinajstić information content (AvgIpc) is 3.05. The van der Waals surface area contributed by atoms with Gasteiger partial charge in [-0.2, -0.15) is 5.10 Å². The number of aromatic nitrogens is 4. The van der Waals surface area contributed by atoms with E-state index < -0.39 is 5.91 Å². The van der Waals surface area contributed by atoms with Crippen LogP contribution in [0.3, 0.4) is 0 Å². The SMILES string of the molecule is O=C(Cn1nc(-c2cccnc2)ccc1=O)Nc1nc2ccc(Cl)cc2s1. The summed E-state index contributed by atoms with van der Waals surface area (Å²) in [6.07, 6.45) is 3.29. The number of nitrogens with zero attached hydrogens (tertiary/aromatic N) is 4. The predicted molar refractivity (Wildman–Crippen MR) is 105 cm³/mol. The number of benzene rings is 1. The molecule has 0 fully saturated rings. The maximum absolute atomic E-state index is 12.3. The fourth-order valence-corrected chi connectivity index (χ4v) is 3.64. The number of halogens is 1. The maximum atomic E-state index is 12.3. The van der Waals surface area contributed by atoms with Crippen LogP contribution < -0.4 is 10.9 Å². The van der Waals surface area contributed by atoms with Crippen molar-refractivity contribution < 1.29 is 4.79 Å². The van der Waals surface area contributed by atoms with Gasteiger partial charge in [-0.1, -0.05) is 22.9 Å². The van der Waals surface area contributed by atoms with E-state index in [0.717, 1.165) is 20.5 Å². The third kappa shape index (κ3) is 3.86. The molecule has 0 aliphatic rings. The number of carbonyl (C=O) groups is 1. The van der Waals surface area contributed by atoms with Crippen LogP contribution in [0.2, 0.25) is 5.02 Å². The molecule has 0 atom stereocenters. The van der Waals surface area contributed by atoms with Crippen LogP contribution >= 0.6 is 22.9 Å². The lowest BCUT2D eigenvalue weighted by atomic mass is 10.2. The molecule has 4 aromatic rings. The summed E-state index contributed by atoms with van der Waals surface area (Å²) < 4.78 is 1.98. The molecule has 0 spiro atoms. The summed E-state index contributed by atoms with van der Waals surface area (Å²) in [7, 11) is 0. The second-order valence-corrected chi connectivity index (χ2v) is 7.10. The Bertz CT molecular complexity index is 1190. The zero-order valence-electron chi connectivity index (χ0n) is 13.8. The molecule has 0 aliphatic heterocycles. The number of hydrogen-bond acceptors (Lipinski definition) is 6. The van der Waals surface area contributed by atoms with Crippen LogP contribution in [0, 0.1) is 0 Å². The number of hydrogen-bond donors (Lipinski definition) is 1. The number of anilines is 1. The molecule has 1 aromatic carbocycles. The molecule has 1 amide bonds. The number of carbonyl (C=O) groups excluding carboxylic acids is 1. The average molecular weight is 398 g/mol.